The van der Waals surface area contributed by atoms with Crippen LogP contribution in [0.4, 0.5) is 5.69 Å². The Kier molecular flexibility index (Phi) is 4.12. The fourth-order valence-electron chi connectivity index (χ4n) is 1.63. The Morgan fingerprint density at radius 1 is 1.35 bits per heavy atom. The first-order chi connectivity index (χ1) is 9.72. The van der Waals surface area contributed by atoms with Crippen molar-refractivity contribution in [1.29, 1.82) is 0 Å². The Morgan fingerprint density at radius 3 is 2.95 bits per heavy atom. The van der Waals surface area contributed by atoms with Crippen molar-refractivity contribution in [2.24, 2.45) is 5.92 Å². The molecule has 0 bridgehead atoms. The van der Waals surface area contributed by atoms with Gasteiger partial charge in [0.15, 0.2) is 0 Å². The monoisotopic (exact) mass is 351 g/mol. The third kappa shape index (κ3) is 3.43. The number of hydrogen-bond donors (Lipinski definition) is 1. The van der Waals surface area contributed by atoms with Crippen molar-refractivity contribution in [3.05, 3.63) is 34.9 Å². The molecular weight excluding hydrogens is 338 g/mol. The Bertz CT molecular complexity index is 619. The van der Waals surface area contributed by atoms with Gasteiger partial charge in [-0.1, -0.05) is 0 Å². The number of nitrogens with two attached hydrogens (primary N) is 1. The molecule has 0 aromatic carbocycles. The molecule has 2 aromatic rings. The van der Waals surface area contributed by atoms with Gasteiger partial charge in [0, 0.05) is 6.20 Å². The lowest BCUT2D eigenvalue weighted by Gasteiger charge is -2.09. The van der Waals surface area contributed by atoms with Gasteiger partial charge in [-0.3, -0.25) is 0 Å². The zero-order valence-electron chi connectivity index (χ0n) is 10.8. The highest BCUT2D eigenvalue weighted by molar-refractivity contribution is 9.10. The van der Waals surface area contributed by atoms with E-state index >= 15 is 0 Å². The maximum Gasteiger partial charge on any atom is 0.238 e. The average Bonchev–Trinajstić information content (AvgIpc) is 3.26. The number of nitrogens with zero attached hydrogens (tertiary/aromatic N) is 2. The molecule has 0 spiro atoms. The van der Waals surface area contributed by atoms with E-state index in [1.54, 1.807) is 6.20 Å². The van der Waals surface area contributed by atoms with Gasteiger partial charge in [-0.15, -0.1) is 0 Å². The quantitative estimate of drug-likeness (QED) is 0.888. The summed E-state index contributed by atoms with van der Waals surface area (Å²) in [6.45, 7) is 0.707. The van der Waals surface area contributed by atoms with E-state index in [0.717, 1.165) is 14.5 Å². The molecule has 2 heterocycles. The van der Waals surface area contributed by atoms with Crippen molar-refractivity contribution in [2.45, 2.75) is 22.9 Å². The number of pyridine rings is 2. The lowest BCUT2D eigenvalue weighted by Crippen LogP contribution is -2.04. The Hall–Kier alpha value is -1.27. The van der Waals surface area contributed by atoms with E-state index < -0.39 is 0 Å². The number of rotatable bonds is 5. The molecule has 2 N–H and O–H groups in total. The van der Waals surface area contributed by atoms with Crippen molar-refractivity contribution >= 4 is 33.4 Å². The summed E-state index contributed by atoms with van der Waals surface area (Å²) in [7, 11) is 0. The average molecular weight is 352 g/mol. The number of anilines is 1. The number of halogens is 1. The summed E-state index contributed by atoms with van der Waals surface area (Å²) in [5, 5.41) is 1.70. The van der Waals surface area contributed by atoms with E-state index in [0.29, 0.717) is 24.1 Å². The molecule has 1 aliphatic carbocycles. The van der Waals surface area contributed by atoms with Crippen molar-refractivity contribution in [3.63, 3.8) is 0 Å². The molecule has 6 heteroatoms. The molecule has 104 valence electrons. The van der Waals surface area contributed by atoms with Crippen molar-refractivity contribution in [2.75, 3.05) is 12.3 Å². The lowest BCUT2D eigenvalue weighted by atomic mass is 10.4. The number of hydrogen-bond acceptors (Lipinski definition) is 5. The predicted molar refractivity (Wildman–Crippen MR) is 82.9 cm³/mol. The molecule has 3 rings (SSSR count). The van der Waals surface area contributed by atoms with E-state index in [2.05, 4.69) is 25.9 Å². The van der Waals surface area contributed by atoms with Gasteiger partial charge in [0.05, 0.1) is 16.8 Å². The van der Waals surface area contributed by atoms with Crippen LogP contribution in [0.3, 0.4) is 0 Å². The van der Waals surface area contributed by atoms with Crippen LogP contribution in [-0.4, -0.2) is 16.6 Å². The number of aromatic nitrogens is 2. The molecule has 2 aromatic heterocycles. The highest BCUT2D eigenvalue weighted by Crippen LogP contribution is 2.34. The maximum absolute atomic E-state index is 5.90. The molecule has 0 radical (unpaired) electrons. The molecule has 0 aliphatic heterocycles. The van der Waals surface area contributed by atoms with Crippen LogP contribution >= 0.6 is 27.7 Å². The minimum atomic E-state index is 0.522. The molecule has 0 saturated heterocycles. The van der Waals surface area contributed by atoms with Crippen LogP contribution in [0.1, 0.15) is 12.8 Å². The Balaban J connectivity index is 1.75. The van der Waals surface area contributed by atoms with Crippen molar-refractivity contribution < 1.29 is 4.74 Å². The van der Waals surface area contributed by atoms with Crippen LogP contribution in [0.15, 0.2) is 45.0 Å². The van der Waals surface area contributed by atoms with E-state index in [-0.39, 0.29) is 0 Å². The van der Waals surface area contributed by atoms with Crippen LogP contribution in [0.25, 0.3) is 0 Å². The standard InChI is InChI=1S/C14H14BrN3OS/c15-10-2-1-7-17-14(10)20-12-6-5-11(16)13(18-12)19-8-9-3-4-9/h1-2,5-7,9H,3-4,8,16H2. The van der Waals surface area contributed by atoms with Crippen LogP contribution in [0, 0.1) is 5.92 Å². The summed E-state index contributed by atoms with van der Waals surface area (Å²) in [5.74, 6) is 1.20. The van der Waals surface area contributed by atoms with E-state index in [4.69, 9.17) is 10.5 Å². The molecule has 20 heavy (non-hydrogen) atoms. The van der Waals surface area contributed by atoms with Gasteiger partial charge in [0.2, 0.25) is 5.88 Å². The fraction of sp³-hybridized carbons (Fsp3) is 0.286. The summed E-state index contributed by atoms with van der Waals surface area (Å²) in [5.41, 5.74) is 6.48. The topological polar surface area (TPSA) is 61.0 Å². The van der Waals surface area contributed by atoms with Gasteiger partial charge in [0.25, 0.3) is 0 Å². The molecule has 0 amide bonds. The zero-order chi connectivity index (χ0) is 13.9. The smallest absolute Gasteiger partial charge is 0.238 e. The second-order valence-electron chi connectivity index (χ2n) is 4.69. The molecule has 1 fully saturated rings. The number of nitrogen functional groups attached to an aromatic ring is 1. The first-order valence-electron chi connectivity index (χ1n) is 6.40. The molecule has 0 unspecified atom stereocenters. The van der Waals surface area contributed by atoms with Gasteiger partial charge in [-0.2, -0.15) is 0 Å². The van der Waals surface area contributed by atoms with E-state index in [1.165, 1.54) is 24.6 Å². The minimum Gasteiger partial charge on any atom is -0.476 e. The molecule has 4 nitrogen and oxygen atoms in total. The molecule has 0 atom stereocenters. The lowest BCUT2D eigenvalue weighted by molar-refractivity contribution is 0.288. The summed E-state index contributed by atoms with van der Waals surface area (Å²) >= 11 is 4.96. The normalized spacial score (nSPS) is 14.2. The first-order valence-corrected chi connectivity index (χ1v) is 8.01. The summed E-state index contributed by atoms with van der Waals surface area (Å²) in [6, 6.07) is 7.55. The van der Waals surface area contributed by atoms with Gasteiger partial charge in [-0.05, 0) is 70.7 Å². The highest BCUT2D eigenvalue weighted by Gasteiger charge is 2.22. The molecule has 1 saturated carbocycles. The van der Waals surface area contributed by atoms with Crippen LogP contribution in [-0.2, 0) is 0 Å². The van der Waals surface area contributed by atoms with Gasteiger partial charge >= 0.3 is 0 Å². The van der Waals surface area contributed by atoms with Crippen LogP contribution in [0.5, 0.6) is 5.88 Å². The van der Waals surface area contributed by atoms with E-state index in [1.807, 2.05) is 24.3 Å². The van der Waals surface area contributed by atoms with Gasteiger partial charge < -0.3 is 10.5 Å². The van der Waals surface area contributed by atoms with Crippen molar-refractivity contribution in [3.8, 4) is 5.88 Å². The summed E-state index contributed by atoms with van der Waals surface area (Å²) in [4.78, 5) is 8.78. The van der Waals surface area contributed by atoms with Gasteiger partial charge in [0.1, 0.15) is 10.1 Å². The highest BCUT2D eigenvalue weighted by atomic mass is 79.9. The van der Waals surface area contributed by atoms with Crippen molar-refractivity contribution in [1.82, 2.24) is 9.97 Å². The summed E-state index contributed by atoms with van der Waals surface area (Å²) in [6.07, 6.45) is 4.25. The second kappa shape index (κ2) is 6.01. The number of ether oxygens (including phenoxy) is 1. The maximum atomic E-state index is 5.90. The molecular formula is C14H14BrN3OS. The largest absolute Gasteiger partial charge is 0.476 e. The SMILES string of the molecule is Nc1ccc(Sc2ncccc2Br)nc1OCC1CC1. The van der Waals surface area contributed by atoms with Crippen LogP contribution < -0.4 is 10.5 Å². The first kappa shape index (κ1) is 13.7. The molecule has 1 aliphatic rings. The Labute approximate surface area is 130 Å². The zero-order valence-corrected chi connectivity index (χ0v) is 13.2. The summed E-state index contributed by atoms with van der Waals surface area (Å²) < 4.78 is 6.64. The minimum absolute atomic E-state index is 0.522. The predicted octanol–water partition coefficient (Wildman–Crippen LogP) is 3.76. The van der Waals surface area contributed by atoms with Crippen LogP contribution in [0.2, 0.25) is 0 Å². The second-order valence-corrected chi connectivity index (χ2v) is 6.55. The fourth-order valence-corrected chi connectivity index (χ4v) is 2.87. The van der Waals surface area contributed by atoms with E-state index in [9.17, 15) is 0 Å². The third-order valence-corrected chi connectivity index (χ3v) is 4.80. The Morgan fingerprint density at radius 2 is 2.20 bits per heavy atom. The van der Waals surface area contributed by atoms with Gasteiger partial charge in [-0.25, -0.2) is 9.97 Å². The third-order valence-electron chi connectivity index (χ3n) is 2.94.